The van der Waals surface area contributed by atoms with E-state index in [-0.39, 0.29) is 0 Å². The molecule has 2 rings (SSSR count). The van der Waals surface area contributed by atoms with Crippen molar-refractivity contribution in [3.8, 4) is 23.5 Å². The minimum Gasteiger partial charge on any atom is -0.263 e. The van der Waals surface area contributed by atoms with Crippen molar-refractivity contribution in [3.63, 3.8) is 0 Å². The van der Waals surface area contributed by atoms with E-state index in [4.69, 9.17) is 6.42 Å². The Bertz CT molecular complexity index is 565. The minimum atomic E-state index is 0.376. The molecule has 0 unspecified atom stereocenters. The summed E-state index contributed by atoms with van der Waals surface area (Å²) in [4.78, 5) is 8.59. The molecule has 2 nitrogen and oxygen atoms in total. The van der Waals surface area contributed by atoms with Crippen molar-refractivity contribution < 1.29 is 0 Å². The largest absolute Gasteiger partial charge is 0.263 e. The van der Waals surface area contributed by atoms with Gasteiger partial charge in [-0.25, -0.2) is 0 Å². The fraction of sp³-hybridized carbons (Fsp3) is 0.200. The molecule has 0 bridgehead atoms. The lowest BCUT2D eigenvalue weighted by molar-refractivity contribution is 0.825. The minimum absolute atomic E-state index is 0.376. The molecule has 84 valence electrons. The lowest BCUT2D eigenvalue weighted by Crippen LogP contribution is -1.96. The molecule has 0 aromatic carbocycles. The summed E-state index contributed by atoms with van der Waals surface area (Å²) >= 11 is 0. The summed E-state index contributed by atoms with van der Waals surface area (Å²) in [6.45, 7) is 4.26. The van der Waals surface area contributed by atoms with Crippen molar-refractivity contribution in [2.45, 2.75) is 19.8 Å². The van der Waals surface area contributed by atoms with E-state index in [1.54, 1.807) is 6.20 Å². The average Bonchev–Trinajstić information content (AvgIpc) is 2.39. The van der Waals surface area contributed by atoms with Gasteiger partial charge in [-0.15, -0.1) is 6.42 Å². The summed E-state index contributed by atoms with van der Waals surface area (Å²) in [5.41, 5.74) is 3.99. The van der Waals surface area contributed by atoms with Crippen LogP contribution in [0.15, 0.2) is 36.8 Å². The Hall–Kier alpha value is -2.14. The van der Waals surface area contributed by atoms with E-state index in [9.17, 15) is 0 Å². The van der Waals surface area contributed by atoms with E-state index in [2.05, 4.69) is 35.8 Å². The summed E-state index contributed by atoms with van der Waals surface area (Å²) in [5.74, 6) is 2.98. The number of hydrogen-bond donors (Lipinski definition) is 0. The van der Waals surface area contributed by atoms with Crippen LogP contribution in [-0.2, 0) is 0 Å². The smallest absolute Gasteiger partial charge is 0.0507 e. The normalized spacial score (nSPS) is 10.2. The molecule has 2 heterocycles. The van der Waals surface area contributed by atoms with Crippen LogP contribution in [0.3, 0.4) is 0 Å². The first-order chi connectivity index (χ1) is 8.22. The van der Waals surface area contributed by atoms with Gasteiger partial charge in [-0.2, -0.15) is 0 Å². The van der Waals surface area contributed by atoms with Gasteiger partial charge in [0.1, 0.15) is 0 Å². The summed E-state index contributed by atoms with van der Waals surface area (Å²) in [5, 5.41) is 0. The molecule has 0 saturated carbocycles. The SMILES string of the molecule is C#Cc1cncc(-c2cccnc2C(C)C)c1. The number of hydrogen-bond acceptors (Lipinski definition) is 2. The van der Waals surface area contributed by atoms with Crippen LogP contribution in [0.4, 0.5) is 0 Å². The van der Waals surface area contributed by atoms with Crippen molar-refractivity contribution in [1.82, 2.24) is 9.97 Å². The zero-order valence-corrected chi connectivity index (χ0v) is 10.0. The zero-order chi connectivity index (χ0) is 12.3. The molecule has 17 heavy (non-hydrogen) atoms. The zero-order valence-electron chi connectivity index (χ0n) is 10.0. The molecule has 0 aliphatic carbocycles. The van der Waals surface area contributed by atoms with Gasteiger partial charge in [0.15, 0.2) is 0 Å². The van der Waals surface area contributed by atoms with Crippen molar-refractivity contribution >= 4 is 0 Å². The molecule has 0 fully saturated rings. The Morgan fingerprint density at radius 3 is 2.82 bits per heavy atom. The Morgan fingerprint density at radius 1 is 1.29 bits per heavy atom. The van der Waals surface area contributed by atoms with Crippen LogP contribution in [0, 0.1) is 12.3 Å². The van der Waals surface area contributed by atoms with Crippen LogP contribution in [0.25, 0.3) is 11.1 Å². The van der Waals surface area contributed by atoms with Gasteiger partial charge < -0.3 is 0 Å². The van der Waals surface area contributed by atoms with Crippen molar-refractivity contribution in [2.24, 2.45) is 0 Å². The highest BCUT2D eigenvalue weighted by Crippen LogP contribution is 2.26. The summed E-state index contributed by atoms with van der Waals surface area (Å²) < 4.78 is 0. The molecule has 0 aliphatic heterocycles. The topological polar surface area (TPSA) is 25.8 Å². The number of terminal acetylenes is 1. The summed E-state index contributed by atoms with van der Waals surface area (Å²) in [6.07, 6.45) is 10.7. The highest BCUT2D eigenvalue weighted by Gasteiger charge is 2.09. The predicted molar refractivity (Wildman–Crippen MR) is 69.5 cm³/mol. The quantitative estimate of drug-likeness (QED) is 0.729. The molecule has 0 N–H and O–H groups in total. The average molecular weight is 222 g/mol. The molecule has 0 spiro atoms. The first kappa shape index (κ1) is 11.3. The maximum atomic E-state index is 5.39. The summed E-state index contributed by atoms with van der Waals surface area (Å²) in [6, 6.07) is 5.96. The number of pyridine rings is 2. The van der Waals surface area contributed by atoms with Gasteiger partial charge in [-0.3, -0.25) is 9.97 Å². The first-order valence-corrected chi connectivity index (χ1v) is 5.59. The monoisotopic (exact) mass is 222 g/mol. The molecule has 0 radical (unpaired) electrons. The van der Waals surface area contributed by atoms with Crippen LogP contribution in [0.1, 0.15) is 31.0 Å². The maximum absolute atomic E-state index is 5.39. The molecule has 0 aliphatic rings. The van der Waals surface area contributed by atoms with E-state index in [0.29, 0.717) is 5.92 Å². The lowest BCUT2D eigenvalue weighted by Gasteiger charge is -2.11. The number of nitrogens with zero attached hydrogens (tertiary/aromatic N) is 2. The molecule has 2 heteroatoms. The van der Waals surface area contributed by atoms with E-state index in [1.165, 1.54) is 0 Å². The molecule has 2 aromatic heterocycles. The second kappa shape index (κ2) is 4.80. The van der Waals surface area contributed by atoms with E-state index in [1.807, 2.05) is 24.5 Å². The Kier molecular flexibility index (Phi) is 3.20. The molecule has 0 saturated heterocycles. The highest BCUT2D eigenvalue weighted by atomic mass is 14.7. The second-order valence-corrected chi connectivity index (χ2v) is 4.20. The molecule has 0 atom stereocenters. The fourth-order valence-electron chi connectivity index (χ4n) is 1.79. The van der Waals surface area contributed by atoms with Crippen molar-refractivity contribution in [1.29, 1.82) is 0 Å². The Morgan fingerprint density at radius 2 is 2.12 bits per heavy atom. The Balaban J connectivity index is 2.57. The van der Waals surface area contributed by atoms with Crippen LogP contribution < -0.4 is 0 Å². The van der Waals surface area contributed by atoms with Gasteiger partial charge in [-0.1, -0.05) is 25.8 Å². The standard InChI is InChI=1S/C15H14N2/c1-4-12-8-13(10-16-9-12)14-6-5-7-17-15(14)11(2)3/h1,5-11H,2-3H3. The van der Waals surface area contributed by atoms with Gasteiger partial charge in [0, 0.05) is 35.3 Å². The van der Waals surface area contributed by atoms with E-state index < -0.39 is 0 Å². The maximum Gasteiger partial charge on any atom is 0.0507 e. The third kappa shape index (κ3) is 2.34. The van der Waals surface area contributed by atoms with Crippen LogP contribution in [0.5, 0.6) is 0 Å². The van der Waals surface area contributed by atoms with Gasteiger partial charge >= 0.3 is 0 Å². The molecule has 0 amide bonds. The highest BCUT2D eigenvalue weighted by molar-refractivity contribution is 5.66. The van der Waals surface area contributed by atoms with Crippen LogP contribution >= 0.6 is 0 Å². The van der Waals surface area contributed by atoms with Gasteiger partial charge in [-0.05, 0) is 18.1 Å². The summed E-state index contributed by atoms with van der Waals surface area (Å²) in [7, 11) is 0. The third-order valence-electron chi connectivity index (χ3n) is 2.60. The molecular formula is C15H14N2. The lowest BCUT2D eigenvalue weighted by atomic mass is 9.98. The van der Waals surface area contributed by atoms with Gasteiger partial charge in [0.05, 0.1) is 5.69 Å². The van der Waals surface area contributed by atoms with Crippen molar-refractivity contribution in [3.05, 3.63) is 48.0 Å². The number of rotatable bonds is 2. The molecule has 2 aromatic rings. The second-order valence-electron chi connectivity index (χ2n) is 4.20. The third-order valence-corrected chi connectivity index (χ3v) is 2.60. The van der Waals surface area contributed by atoms with Crippen molar-refractivity contribution in [2.75, 3.05) is 0 Å². The van der Waals surface area contributed by atoms with E-state index in [0.717, 1.165) is 22.4 Å². The fourth-order valence-corrected chi connectivity index (χ4v) is 1.79. The van der Waals surface area contributed by atoms with Gasteiger partial charge in [0.2, 0.25) is 0 Å². The predicted octanol–water partition coefficient (Wildman–Crippen LogP) is 3.25. The van der Waals surface area contributed by atoms with Gasteiger partial charge in [0.25, 0.3) is 0 Å². The van der Waals surface area contributed by atoms with E-state index >= 15 is 0 Å². The van der Waals surface area contributed by atoms with Crippen LogP contribution in [-0.4, -0.2) is 9.97 Å². The Labute approximate surface area is 102 Å². The molecular weight excluding hydrogens is 208 g/mol. The first-order valence-electron chi connectivity index (χ1n) is 5.59. The van der Waals surface area contributed by atoms with Crippen LogP contribution in [0.2, 0.25) is 0 Å². The number of aromatic nitrogens is 2.